The predicted molar refractivity (Wildman–Crippen MR) is 133 cm³/mol. The Hall–Kier alpha value is -1.81. The van der Waals surface area contributed by atoms with E-state index in [0.29, 0.717) is 74.6 Å². The molecule has 0 bridgehead atoms. The largest absolute Gasteiger partial charge is 0.388 e. The summed E-state index contributed by atoms with van der Waals surface area (Å²) in [7, 11) is 5.44. The molecule has 3 heterocycles. The van der Waals surface area contributed by atoms with Crippen LogP contribution in [0.4, 0.5) is 5.69 Å². The summed E-state index contributed by atoms with van der Waals surface area (Å²) in [6.07, 6.45) is 4.05. The highest BCUT2D eigenvalue weighted by Crippen LogP contribution is 2.35. The van der Waals surface area contributed by atoms with Gasteiger partial charge in [0.25, 0.3) is 0 Å². The summed E-state index contributed by atoms with van der Waals surface area (Å²) in [4.78, 5) is 20.4. The third-order valence-corrected chi connectivity index (χ3v) is 7.59. The van der Waals surface area contributed by atoms with Crippen LogP contribution in [0.25, 0.3) is 10.9 Å². The van der Waals surface area contributed by atoms with Crippen LogP contribution in [0.5, 0.6) is 0 Å². The molecular formula is C25H36ClN4O4+. The van der Waals surface area contributed by atoms with Crippen molar-refractivity contribution in [3.8, 4) is 0 Å². The number of carbonyl (C=O) groups excluding carboxylic acids is 1. The van der Waals surface area contributed by atoms with Crippen molar-refractivity contribution in [2.45, 2.75) is 36.9 Å². The molecule has 4 rings (SSSR count). The van der Waals surface area contributed by atoms with Crippen LogP contribution in [-0.2, 0) is 4.74 Å². The first-order valence-corrected chi connectivity index (χ1v) is 12.3. The number of likely N-dealkylation sites (tertiary alicyclic amines) is 1. The maximum Gasteiger partial charge on any atom is 0.347 e. The van der Waals surface area contributed by atoms with E-state index < -0.39 is 11.2 Å². The number of likely N-dealkylation sites (N-methyl/N-ethyl adjacent to an activating group) is 1. The van der Waals surface area contributed by atoms with Crippen LogP contribution in [0.1, 0.15) is 36.0 Å². The number of β-amino-alcohol motifs (C(OH)–C–C–N with tert-alkyl or cyclic N) is 1. The molecule has 186 valence electrons. The fourth-order valence-corrected chi connectivity index (χ4v) is 5.68. The van der Waals surface area contributed by atoms with Crippen molar-refractivity contribution >= 4 is 34.1 Å². The van der Waals surface area contributed by atoms with Crippen LogP contribution in [-0.4, -0.2) is 102 Å². The number of aliphatic hydroxyl groups is 2. The number of quaternary nitrogens is 1. The van der Waals surface area contributed by atoms with Gasteiger partial charge in [-0.05, 0) is 31.0 Å². The number of aromatic nitrogens is 1. The molecule has 2 saturated heterocycles. The Balaban J connectivity index is 1.47. The molecule has 0 aliphatic carbocycles. The zero-order valence-corrected chi connectivity index (χ0v) is 21.1. The highest BCUT2D eigenvalue weighted by Gasteiger charge is 2.43. The minimum absolute atomic E-state index is 0.0152. The van der Waals surface area contributed by atoms with Crippen LogP contribution in [0, 0.1) is 0 Å². The molecule has 9 heteroatoms. The summed E-state index contributed by atoms with van der Waals surface area (Å²) in [5.74, 6) is -0.138. The molecule has 1 aromatic carbocycles. The maximum atomic E-state index is 13.7. The van der Waals surface area contributed by atoms with Crippen LogP contribution in [0.3, 0.4) is 0 Å². The SMILES string of the molecule is CNc1c(Cl)cc(C(=O)[N+](C)(C)CC2(O)CCN(CC3(O)CCOCC3)CC2)c2ncccc12. The number of pyridine rings is 1. The molecule has 1 amide bonds. The molecule has 0 radical (unpaired) electrons. The Labute approximate surface area is 206 Å². The Bertz CT molecular complexity index is 1050. The highest BCUT2D eigenvalue weighted by molar-refractivity contribution is 6.35. The second-order valence-corrected chi connectivity index (χ2v) is 10.8. The number of piperidine rings is 1. The number of hydrogen-bond acceptors (Lipinski definition) is 7. The summed E-state index contributed by atoms with van der Waals surface area (Å²) >= 11 is 6.50. The Morgan fingerprint density at radius 3 is 2.53 bits per heavy atom. The minimum Gasteiger partial charge on any atom is -0.388 e. The van der Waals surface area contributed by atoms with Gasteiger partial charge in [0.05, 0.1) is 35.9 Å². The van der Waals surface area contributed by atoms with Gasteiger partial charge in [0.1, 0.15) is 17.7 Å². The van der Waals surface area contributed by atoms with Gasteiger partial charge >= 0.3 is 5.91 Å². The van der Waals surface area contributed by atoms with Crippen molar-refractivity contribution in [2.24, 2.45) is 0 Å². The van der Waals surface area contributed by atoms with E-state index in [-0.39, 0.29) is 16.9 Å². The zero-order valence-electron chi connectivity index (χ0n) is 20.3. The summed E-state index contributed by atoms with van der Waals surface area (Å²) in [6.45, 7) is 3.42. The second kappa shape index (κ2) is 9.68. The van der Waals surface area contributed by atoms with Gasteiger partial charge in [-0.1, -0.05) is 11.6 Å². The van der Waals surface area contributed by atoms with E-state index in [4.69, 9.17) is 16.3 Å². The number of benzene rings is 1. The third kappa shape index (κ3) is 5.22. The molecule has 2 aromatic rings. The van der Waals surface area contributed by atoms with Crippen molar-refractivity contribution in [3.63, 3.8) is 0 Å². The summed E-state index contributed by atoms with van der Waals surface area (Å²) in [5.41, 5.74) is 0.104. The van der Waals surface area contributed by atoms with Gasteiger partial charge < -0.3 is 25.2 Å². The van der Waals surface area contributed by atoms with Crippen molar-refractivity contribution < 1.29 is 24.2 Å². The van der Waals surface area contributed by atoms with Crippen molar-refractivity contribution in [1.82, 2.24) is 9.88 Å². The summed E-state index contributed by atoms with van der Waals surface area (Å²) in [6, 6.07) is 5.39. The van der Waals surface area contributed by atoms with E-state index in [1.807, 2.05) is 26.2 Å². The Kier molecular flexibility index (Phi) is 7.20. The number of ether oxygens (including phenoxy) is 1. The summed E-state index contributed by atoms with van der Waals surface area (Å²) < 4.78 is 5.36. The van der Waals surface area contributed by atoms with Crippen LogP contribution in [0.15, 0.2) is 24.4 Å². The van der Waals surface area contributed by atoms with E-state index >= 15 is 0 Å². The van der Waals surface area contributed by atoms with Gasteiger partial charge in [-0.2, -0.15) is 0 Å². The molecule has 2 fully saturated rings. The van der Waals surface area contributed by atoms with E-state index in [0.717, 1.165) is 11.1 Å². The summed E-state index contributed by atoms with van der Waals surface area (Å²) in [5, 5.41) is 26.6. The zero-order chi connectivity index (χ0) is 24.6. The number of nitrogens with one attached hydrogen (secondary N) is 1. The van der Waals surface area contributed by atoms with E-state index in [1.54, 1.807) is 19.3 Å². The average Bonchev–Trinajstić information content (AvgIpc) is 2.80. The van der Waals surface area contributed by atoms with E-state index in [1.165, 1.54) is 0 Å². The van der Waals surface area contributed by atoms with Gasteiger partial charge in [-0.3, -0.25) is 9.47 Å². The van der Waals surface area contributed by atoms with E-state index in [2.05, 4.69) is 15.2 Å². The highest BCUT2D eigenvalue weighted by atomic mass is 35.5. The van der Waals surface area contributed by atoms with Gasteiger partial charge in [0, 0.05) is 64.3 Å². The molecule has 0 unspecified atom stereocenters. The number of fused-ring (bicyclic) bond motifs is 1. The average molecular weight is 492 g/mol. The molecular weight excluding hydrogens is 456 g/mol. The first-order valence-electron chi connectivity index (χ1n) is 11.9. The molecule has 1 aromatic heterocycles. The maximum absolute atomic E-state index is 13.7. The minimum atomic E-state index is -0.966. The van der Waals surface area contributed by atoms with Gasteiger partial charge in [0.15, 0.2) is 0 Å². The fraction of sp³-hybridized carbons (Fsp3) is 0.600. The molecule has 0 atom stereocenters. The number of anilines is 1. The quantitative estimate of drug-likeness (QED) is 0.534. The topological polar surface area (TPSA) is 94.9 Å². The number of rotatable bonds is 6. The van der Waals surface area contributed by atoms with Crippen molar-refractivity contribution in [2.75, 3.05) is 65.9 Å². The standard InChI is InChI=1S/C25H35ClN4O4/c1-27-22-18-5-4-10-28-21(18)19(15-20(22)26)23(31)30(2,3)17-25(33)6-11-29(12-7-25)16-24(32)8-13-34-14-9-24/h4-5,10,15,32-33H,6-9,11-14,16-17H2,1-3H3/p+1. The number of carbonyl (C=O) groups is 1. The normalized spacial score (nSPS) is 20.9. The predicted octanol–water partition coefficient (Wildman–Crippen LogP) is 2.51. The molecule has 8 nitrogen and oxygen atoms in total. The lowest BCUT2D eigenvalue weighted by molar-refractivity contribution is -0.815. The monoisotopic (exact) mass is 491 g/mol. The molecule has 2 aliphatic rings. The smallest absolute Gasteiger partial charge is 0.347 e. The lowest BCUT2D eigenvalue weighted by atomic mass is 9.87. The third-order valence-electron chi connectivity index (χ3n) is 7.29. The molecule has 3 N–H and O–H groups in total. The number of nitrogens with zero attached hydrogens (tertiary/aromatic N) is 3. The van der Waals surface area contributed by atoms with Crippen LogP contribution in [0.2, 0.25) is 5.02 Å². The van der Waals surface area contributed by atoms with E-state index in [9.17, 15) is 15.0 Å². The van der Waals surface area contributed by atoms with Gasteiger partial charge in [-0.15, -0.1) is 0 Å². The lowest BCUT2D eigenvalue weighted by Crippen LogP contribution is -2.59. The Morgan fingerprint density at radius 2 is 1.88 bits per heavy atom. The molecule has 0 spiro atoms. The van der Waals surface area contributed by atoms with Crippen LogP contribution < -0.4 is 5.32 Å². The number of hydrogen-bond donors (Lipinski definition) is 3. The fourth-order valence-electron chi connectivity index (χ4n) is 5.38. The molecule has 0 saturated carbocycles. The second-order valence-electron chi connectivity index (χ2n) is 10.4. The molecule has 2 aliphatic heterocycles. The first kappa shape index (κ1) is 25.3. The van der Waals surface area contributed by atoms with Crippen molar-refractivity contribution in [1.29, 1.82) is 0 Å². The van der Waals surface area contributed by atoms with Crippen molar-refractivity contribution in [3.05, 3.63) is 35.0 Å². The number of halogens is 1. The lowest BCUT2D eigenvalue weighted by Gasteiger charge is -2.44. The number of amides is 1. The van der Waals surface area contributed by atoms with Gasteiger partial charge in [-0.25, -0.2) is 4.79 Å². The first-order chi connectivity index (χ1) is 16.1. The van der Waals surface area contributed by atoms with Gasteiger partial charge in [0.2, 0.25) is 0 Å². The Morgan fingerprint density at radius 1 is 1.21 bits per heavy atom. The molecule has 34 heavy (non-hydrogen) atoms. The van der Waals surface area contributed by atoms with Crippen LogP contribution >= 0.6 is 11.6 Å².